The molecule has 66 valence electrons. The van der Waals surface area contributed by atoms with Gasteiger partial charge in [0.15, 0.2) is 5.41 Å². The molecular formula is C5H6BrF3O2. The van der Waals surface area contributed by atoms with Crippen LogP contribution in [0.1, 0.15) is 12.8 Å². The molecule has 1 aliphatic carbocycles. The Kier molecular flexibility index (Phi) is 2.59. The normalized spacial score (nSPS) is 20.3. The molecule has 6 heteroatoms. The summed E-state index contributed by atoms with van der Waals surface area (Å²) >= 11 is 0. The molecule has 0 unspecified atom stereocenters. The van der Waals surface area contributed by atoms with Gasteiger partial charge >= 0.3 is 12.1 Å². The van der Waals surface area contributed by atoms with Crippen molar-refractivity contribution in [2.45, 2.75) is 19.0 Å². The summed E-state index contributed by atoms with van der Waals surface area (Å²) in [4.78, 5) is 10.0. The molecule has 1 fully saturated rings. The minimum Gasteiger partial charge on any atom is -0.481 e. The van der Waals surface area contributed by atoms with Crippen molar-refractivity contribution in [1.82, 2.24) is 0 Å². The standard InChI is InChI=1S/C5H5F3O2.BrH/c6-5(7,8)4(1-2-4)3(9)10;/h1-2H2,(H,9,10);1H. The van der Waals surface area contributed by atoms with E-state index in [9.17, 15) is 18.0 Å². The number of halogens is 4. The molecule has 0 aromatic rings. The molecule has 0 aromatic carbocycles. The highest BCUT2D eigenvalue weighted by Crippen LogP contribution is 2.57. The summed E-state index contributed by atoms with van der Waals surface area (Å²) < 4.78 is 35.3. The number of hydrogen-bond acceptors (Lipinski definition) is 1. The van der Waals surface area contributed by atoms with Gasteiger partial charge in [-0.15, -0.1) is 17.0 Å². The monoisotopic (exact) mass is 234 g/mol. The van der Waals surface area contributed by atoms with Crippen molar-refractivity contribution in [1.29, 1.82) is 0 Å². The second-order valence-corrected chi connectivity index (χ2v) is 2.39. The van der Waals surface area contributed by atoms with Crippen LogP contribution in [0, 0.1) is 5.41 Å². The molecule has 0 atom stereocenters. The van der Waals surface area contributed by atoms with Gasteiger partial charge in [0.25, 0.3) is 0 Å². The van der Waals surface area contributed by atoms with Crippen LogP contribution in [0.2, 0.25) is 0 Å². The number of carboxylic acids is 1. The summed E-state index contributed by atoms with van der Waals surface area (Å²) in [5.41, 5.74) is -2.40. The summed E-state index contributed by atoms with van der Waals surface area (Å²) in [7, 11) is 0. The topological polar surface area (TPSA) is 37.3 Å². The van der Waals surface area contributed by atoms with E-state index < -0.39 is 17.6 Å². The fourth-order valence-electron chi connectivity index (χ4n) is 0.744. The van der Waals surface area contributed by atoms with E-state index in [0.717, 1.165) is 0 Å². The molecule has 0 radical (unpaired) electrons. The van der Waals surface area contributed by atoms with Gasteiger partial charge in [-0.25, -0.2) is 0 Å². The van der Waals surface area contributed by atoms with E-state index >= 15 is 0 Å². The number of aliphatic carboxylic acids is 1. The zero-order chi connectivity index (χ0) is 7.99. The minimum absolute atomic E-state index is 0. The molecule has 0 aromatic heterocycles. The molecule has 0 spiro atoms. The lowest BCUT2D eigenvalue weighted by atomic mass is 10.1. The smallest absolute Gasteiger partial charge is 0.404 e. The molecule has 0 heterocycles. The fraction of sp³-hybridized carbons (Fsp3) is 0.800. The third-order valence-corrected chi connectivity index (χ3v) is 1.70. The molecular weight excluding hydrogens is 229 g/mol. The van der Waals surface area contributed by atoms with Crippen LogP contribution >= 0.6 is 17.0 Å². The predicted octanol–water partition coefficient (Wildman–Crippen LogP) is 1.99. The van der Waals surface area contributed by atoms with E-state index in [1.165, 1.54) is 0 Å². The lowest BCUT2D eigenvalue weighted by molar-refractivity contribution is -0.202. The first kappa shape index (κ1) is 10.7. The Morgan fingerprint density at radius 1 is 1.36 bits per heavy atom. The Morgan fingerprint density at radius 3 is 1.73 bits per heavy atom. The van der Waals surface area contributed by atoms with Crippen molar-refractivity contribution >= 4 is 23.0 Å². The van der Waals surface area contributed by atoms with Crippen LogP contribution in [-0.2, 0) is 4.79 Å². The molecule has 1 rings (SSSR count). The van der Waals surface area contributed by atoms with Crippen molar-refractivity contribution in [3.63, 3.8) is 0 Å². The first-order valence-electron chi connectivity index (χ1n) is 2.70. The lowest BCUT2D eigenvalue weighted by Gasteiger charge is -2.12. The average Bonchev–Trinajstić information content (AvgIpc) is 2.36. The van der Waals surface area contributed by atoms with Gasteiger partial charge in [-0.2, -0.15) is 13.2 Å². The summed E-state index contributed by atoms with van der Waals surface area (Å²) in [5.74, 6) is -1.75. The van der Waals surface area contributed by atoms with Crippen LogP contribution in [0.3, 0.4) is 0 Å². The summed E-state index contributed by atoms with van der Waals surface area (Å²) in [6.45, 7) is 0. The van der Waals surface area contributed by atoms with Crippen molar-refractivity contribution in [3.05, 3.63) is 0 Å². The molecule has 1 saturated carbocycles. The third kappa shape index (κ3) is 1.50. The van der Waals surface area contributed by atoms with Crippen LogP contribution in [0.4, 0.5) is 13.2 Å². The fourth-order valence-corrected chi connectivity index (χ4v) is 0.744. The summed E-state index contributed by atoms with van der Waals surface area (Å²) in [6, 6.07) is 0. The number of carbonyl (C=O) groups is 1. The number of rotatable bonds is 1. The Bertz CT molecular complexity index is 173. The summed E-state index contributed by atoms with van der Waals surface area (Å²) in [5, 5.41) is 8.12. The van der Waals surface area contributed by atoms with Gasteiger partial charge in [-0.05, 0) is 12.8 Å². The second-order valence-electron chi connectivity index (χ2n) is 2.39. The van der Waals surface area contributed by atoms with Crippen molar-refractivity contribution in [2.75, 3.05) is 0 Å². The Morgan fingerprint density at radius 2 is 1.73 bits per heavy atom. The van der Waals surface area contributed by atoms with Gasteiger partial charge in [-0.3, -0.25) is 4.79 Å². The largest absolute Gasteiger partial charge is 0.481 e. The molecule has 0 bridgehead atoms. The molecule has 2 nitrogen and oxygen atoms in total. The first-order chi connectivity index (χ1) is 4.40. The van der Waals surface area contributed by atoms with E-state index in [1.807, 2.05) is 0 Å². The highest BCUT2D eigenvalue weighted by Gasteiger charge is 2.69. The third-order valence-electron chi connectivity index (χ3n) is 1.70. The van der Waals surface area contributed by atoms with Gasteiger partial charge in [0.1, 0.15) is 0 Å². The number of carboxylic acid groups (broad SMARTS) is 1. The first-order valence-corrected chi connectivity index (χ1v) is 2.70. The van der Waals surface area contributed by atoms with E-state index in [4.69, 9.17) is 5.11 Å². The van der Waals surface area contributed by atoms with E-state index in [0.29, 0.717) is 0 Å². The van der Waals surface area contributed by atoms with Crippen molar-refractivity contribution in [3.8, 4) is 0 Å². The quantitative estimate of drug-likeness (QED) is 0.754. The van der Waals surface area contributed by atoms with E-state index in [-0.39, 0.29) is 29.8 Å². The average molecular weight is 235 g/mol. The van der Waals surface area contributed by atoms with Crippen LogP contribution in [0.15, 0.2) is 0 Å². The lowest BCUT2D eigenvalue weighted by Crippen LogP contribution is -2.32. The molecule has 0 saturated heterocycles. The van der Waals surface area contributed by atoms with E-state index in [1.54, 1.807) is 0 Å². The zero-order valence-corrected chi connectivity index (χ0v) is 7.02. The predicted molar refractivity (Wildman–Crippen MR) is 35.7 cm³/mol. The molecule has 1 aliphatic rings. The molecule has 11 heavy (non-hydrogen) atoms. The molecule has 1 N–H and O–H groups in total. The number of alkyl halides is 3. The van der Waals surface area contributed by atoms with Gasteiger partial charge in [0.05, 0.1) is 0 Å². The van der Waals surface area contributed by atoms with Crippen LogP contribution in [0.5, 0.6) is 0 Å². The zero-order valence-electron chi connectivity index (χ0n) is 5.31. The molecule has 0 aliphatic heterocycles. The van der Waals surface area contributed by atoms with Gasteiger partial charge < -0.3 is 5.11 Å². The Hall–Kier alpha value is -0.260. The van der Waals surface area contributed by atoms with Gasteiger partial charge in [-0.1, -0.05) is 0 Å². The van der Waals surface area contributed by atoms with Crippen molar-refractivity contribution < 1.29 is 23.1 Å². The summed E-state index contributed by atoms with van der Waals surface area (Å²) in [6.07, 6.45) is -5.11. The maximum atomic E-state index is 11.8. The van der Waals surface area contributed by atoms with Gasteiger partial charge in [0, 0.05) is 0 Å². The van der Waals surface area contributed by atoms with E-state index in [2.05, 4.69) is 0 Å². The maximum absolute atomic E-state index is 11.8. The highest BCUT2D eigenvalue weighted by atomic mass is 79.9. The van der Waals surface area contributed by atoms with Crippen LogP contribution < -0.4 is 0 Å². The minimum atomic E-state index is -4.57. The number of hydrogen-bond donors (Lipinski definition) is 1. The Labute approximate surface area is 71.2 Å². The van der Waals surface area contributed by atoms with Crippen molar-refractivity contribution in [2.24, 2.45) is 5.41 Å². The SMILES string of the molecule is Br.O=C(O)C1(C(F)(F)F)CC1. The Balaban J connectivity index is 0.000001000. The highest BCUT2D eigenvalue weighted by molar-refractivity contribution is 8.93. The van der Waals surface area contributed by atoms with Gasteiger partial charge in [0.2, 0.25) is 0 Å². The second kappa shape index (κ2) is 2.66. The maximum Gasteiger partial charge on any atom is 0.404 e. The molecule has 0 amide bonds. The van der Waals surface area contributed by atoms with Crippen LogP contribution in [-0.4, -0.2) is 17.3 Å². The van der Waals surface area contributed by atoms with Crippen LogP contribution in [0.25, 0.3) is 0 Å².